The number of halogens is 3. The lowest BCUT2D eigenvalue weighted by Gasteiger charge is -2.32. The summed E-state index contributed by atoms with van der Waals surface area (Å²) in [4.78, 5) is 79.5. The van der Waals surface area contributed by atoms with Crippen LogP contribution in [0.2, 0.25) is 0 Å². The fourth-order valence-electron chi connectivity index (χ4n) is 7.66. The van der Waals surface area contributed by atoms with Gasteiger partial charge in [0.1, 0.15) is 55.4 Å². The number of nitrogens with zero attached hydrogens (tertiary/aromatic N) is 4. The number of alkyl halides is 3. The zero-order chi connectivity index (χ0) is 50.8. The van der Waals surface area contributed by atoms with Crippen molar-refractivity contribution in [3.63, 3.8) is 0 Å². The van der Waals surface area contributed by atoms with Crippen LogP contribution in [0.15, 0.2) is 60.7 Å². The normalized spacial score (nSPS) is 16.7. The molecule has 4 aromatic rings. The number of nitriles is 1. The summed E-state index contributed by atoms with van der Waals surface area (Å²) < 4.78 is 56.6. The average Bonchev–Trinajstić information content (AvgIpc) is 3.30. The van der Waals surface area contributed by atoms with E-state index in [4.69, 9.17) is 31.9 Å². The molecule has 0 radical (unpaired) electrons. The molecule has 0 saturated heterocycles. The Kier molecular flexibility index (Phi) is 17.4. The van der Waals surface area contributed by atoms with E-state index in [9.17, 15) is 37.1 Å². The maximum absolute atomic E-state index is 14.8. The van der Waals surface area contributed by atoms with E-state index < -0.39 is 71.1 Å². The Morgan fingerprint density at radius 3 is 2.10 bits per heavy atom. The molecule has 0 fully saturated rings. The molecule has 1 aliphatic rings. The third-order valence-corrected chi connectivity index (χ3v) is 11.2. The Bertz CT molecular complexity index is 2580. The molecule has 5 rings (SSSR count). The first-order valence-corrected chi connectivity index (χ1v) is 22.2. The van der Waals surface area contributed by atoms with E-state index in [0.29, 0.717) is 22.4 Å². The number of carbonyl (C=O) groups is 5. The molecule has 5 amide bonds. The zero-order valence-electron chi connectivity index (χ0n) is 39.3. The van der Waals surface area contributed by atoms with E-state index in [0.717, 1.165) is 10.5 Å². The summed E-state index contributed by atoms with van der Waals surface area (Å²) in [6.07, 6.45) is -5.49. The molecule has 4 atom stereocenters. The first kappa shape index (κ1) is 52.8. The number of fused-ring (bicyclic) bond motifs is 5. The Morgan fingerprint density at radius 1 is 0.899 bits per heavy atom. The summed E-state index contributed by atoms with van der Waals surface area (Å²) in [6, 6.07) is 12.4. The minimum Gasteiger partial charge on any atom is -0.492 e. The molecular formula is C48H58F3N11O7. The topological polar surface area (TPSA) is 283 Å². The average molecular weight is 958 g/mol. The van der Waals surface area contributed by atoms with E-state index in [1.54, 1.807) is 54.6 Å². The number of nitrogens with two attached hydrogens (primary N) is 3. The van der Waals surface area contributed by atoms with Crippen molar-refractivity contribution in [3.05, 3.63) is 94.3 Å². The second-order valence-electron chi connectivity index (χ2n) is 17.4. The largest absolute Gasteiger partial charge is 0.492 e. The Balaban J connectivity index is 1.61. The van der Waals surface area contributed by atoms with E-state index in [2.05, 4.69) is 31.2 Å². The highest BCUT2D eigenvalue weighted by atomic mass is 19.4. The third-order valence-electron chi connectivity index (χ3n) is 11.2. The van der Waals surface area contributed by atoms with Gasteiger partial charge in [0.05, 0.1) is 17.3 Å². The van der Waals surface area contributed by atoms with Crippen LogP contribution in [0.5, 0.6) is 11.5 Å². The number of aryl methyl sites for hydroxylation is 1. The molecule has 1 aliphatic heterocycles. The Morgan fingerprint density at radius 2 is 1.52 bits per heavy atom. The number of benzene rings is 3. The lowest BCUT2D eigenvalue weighted by molar-refractivity contribution is -0.142. The van der Waals surface area contributed by atoms with Crippen molar-refractivity contribution in [2.24, 2.45) is 17.2 Å². The third kappa shape index (κ3) is 12.9. The highest BCUT2D eigenvalue weighted by Crippen LogP contribution is 2.40. The summed E-state index contributed by atoms with van der Waals surface area (Å²) in [5.41, 5.74) is 17.2. The lowest BCUT2D eigenvalue weighted by Crippen LogP contribution is -2.56. The maximum atomic E-state index is 14.8. The van der Waals surface area contributed by atoms with Gasteiger partial charge in [-0.2, -0.15) is 18.4 Å². The molecule has 10 N–H and O–H groups in total. The number of nitrogens with one attached hydrogen (secondary N) is 4. The van der Waals surface area contributed by atoms with E-state index in [1.165, 1.54) is 27.0 Å². The van der Waals surface area contributed by atoms with Gasteiger partial charge in [-0.25, -0.2) is 9.97 Å². The standard InChI is InChI=1S/C48H58F3N11O7/c1-26-38(40(48(49,50)51)61-41(57-26)29-8-11-31(12-9-29)47(3,4)5)44(65)59-34(15-16-52)46(67)62(6)39-30-10-14-37(69-22-19-55)33(25-30)32-23-28(7-13-36(32)68-21-18-54)24-35(43(64)56-20-17-53)60-42(63)27(2)58-45(39)66/h7-14,23,25,27,34-35,39H,15-16,18-22,24,52,54-55H2,1-6H3,(H,56,64)(H,58,66)(H,59,65)(H,60,63)/t27-,34?,35-,39-/m0/s1. The molecule has 2 heterocycles. The molecule has 0 saturated carbocycles. The fourth-order valence-corrected chi connectivity index (χ4v) is 7.66. The number of hydrogen-bond donors (Lipinski definition) is 7. The van der Waals surface area contributed by atoms with Crippen LogP contribution in [0.3, 0.4) is 0 Å². The summed E-state index contributed by atoms with van der Waals surface area (Å²) in [6.45, 7) is 8.36. The van der Waals surface area contributed by atoms with Gasteiger partial charge in [-0.1, -0.05) is 57.2 Å². The highest BCUT2D eigenvalue weighted by molar-refractivity contribution is 6.01. The summed E-state index contributed by atoms with van der Waals surface area (Å²) >= 11 is 0. The number of hydrogen-bond acceptors (Lipinski definition) is 13. The maximum Gasteiger partial charge on any atom is 0.434 e. The second kappa shape index (κ2) is 22.8. The van der Waals surface area contributed by atoms with Crippen molar-refractivity contribution in [1.82, 2.24) is 36.1 Å². The molecule has 4 bridgehead atoms. The van der Waals surface area contributed by atoms with Gasteiger partial charge >= 0.3 is 6.18 Å². The summed E-state index contributed by atoms with van der Waals surface area (Å²) in [5, 5.41) is 19.3. The van der Waals surface area contributed by atoms with Crippen LogP contribution in [0.1, 0.15) is 78.6 Å². The first-order chi connectivity index (χ1) is 32.6. The monoisotopic (exact) mass is 957 g/mol. The molecule has 1 unspecified atom stereocenters. The summed E-state index contributed by atoms with van der Waals surface area (Å²) in [5.74, 6) is -4.32. The molecule has 368 valence electrons. The molecule has 1 aromatic heterocycles. The predicted octanol–water partition coefficient (Wildman–Crippen LogP) is 2.94. The second-order valence-corrected chi connectivity index (χ2v) is 17.4. The number of aromatic nitrogens is 2. The van der Waals surface area contributed by atoms with Gasteiger partial charge in [-0.3, -0.25) is 24.0 Å². The van der Waals surface area contributed by atoms with Crippen molar-refractivity contribution in [2.45, 2.75) is 83.2 Å². The van der Waals surface area contributed by atoms with Crippen LogP contribution >= 0.6 is 0 Å². The van der Waals surface area contributed by atoms with Crippen molar-refractivity contribution in [2.75, 3.05) is 46.4 Å². The molecule has 21 heteroatoms. The Hall–Kier alpha value is -7.15. The van der Waals surface area contributed by atoms with E-state index >= 15 is 0 Å². The van der Waals surface area contributed by atoms with Crippen LogP contribution in [-0.4, -0.2) is 109 Å². The molecular weight excluding hydrogens is 900 g/mol. The van der Waals surface area contributed by atoms with Gasteiger partial charge in [0.15, 0.2) is 11.5 Å². The summed E-state index contributed by atoms with van der Waals surface area (Å²) in [7, 11) is 1.25. The van der Waals surface area contributed by atoms with E-state index in [-0.39, 0.29) is 86.0 Å². The van der Waals surface area contributed by atoms with Gasteiger partial charge in [0.2, 0.25) is 23.6 Å². The van der Waals surface area contributed by atoms with Crippen molar-refractivity contribution in [3.8, 4) is 40.1 Å². The van der Waals surface area contributed by atoms with Crippen molar-refractivity contribution in [1.29, 1.82) is 5.26 Å². The quantitative estimate of drug-likeness (QED) is 0.0846. The van der Waals surface area contributed by atoms with Crippen LogP contribution in [0, 0.1) is 18.3 Å². The minimum absolute atomic E-state index is 0.0618. The molecule has 0 aliphatic carbocycles. The van der Waals surface area contributed by atoms with Crippen LogP contribution in [0.25, 0.3) is 22.5 Å². The number of likely N-dealkylation sites (N-methyl/N-ethyl adjacent to an activating group) is 1. The number of rotatable bonds is 15. The molecule has 3 aromatic carbocycles. The fraction of sp³-hybridized carbons (Fsp3) is 0.417. The molecule has 0 spiro atoms. The van der Waals surface area contributed by atoms with E-state index in [1.807, 2.05) is 26.8 Å². The van der Waals surface area contributed by atoms with Gasteiger partial charge < -0.3 is 52.8 Å². The first-order valence-electron chi connectivity index (χ1n) is 22.2. The number of ether oxygens (including phenoxy) is 2. The van der Waals surface area contributed by atoms with Crippen LogP contribution in [-0.2, 0) is 37.2 Å². The predicted molar refractivity (Wildman–Crippen MR) is 249 cm³/mol. The van der Waals surface area contributed by atoms with Gasteiger partial charge in [0, 0.05) is 43.2 Å². The number of amides is 5. The molecule has 69 heavy (non-hydrogen) atoms. The van der Waals surface area contributed by atoms with Crippen LogP contribution in [0.4, 0.5) is 13.2 Å². The van der Waals surface area contributed by atoms with Crippen molar-refractivity contribution >= 4 is 29.5 Å². The van der Waals surface area contributed by atoms with Gasteiger partial charge in [0.25, 0.3) is 5.91 Å². The highest BCUT2D eigenvalue weighted by Gasteiger charge is 2.41. The smallest absolute Gasteiger partial charge is 0.434 e. The lowest BCUT2D eigenvalue weighted by atomic mass is 9.86. The van der Waals surface area contributed by atoms with Gasteiger partial charge in [-0.15, -0.1) is 0 Å². The number of carbonyl (C=O) groups excluding carboxylic acids is 5. The minimum atomic E-state index is -5.13. The molecule has 18 nitrogen and oxygen atoms in total. The van der Waals surface area contributed by atoms with Crippen molar-refractivity contribution < 1.29 is 46.6 Å². The van der Waals surface area contributed by atoms with Crippen LogP contribution < -0.4 is 47.9 Å². The Labute approximate surface area is 397 Å². The van der Waals surface area contributed by atoms with Gasteiger partial charge in [-0.05, 0) is 73.2 Å². The SMILES string of the molecule is Cc1nc(-c2ccc(C(C)(C)C)cc2)nc(C(F)(F)F)c1C(=O)NC(CCN)C(=O)N(C)[C@@H]1C(=O)N[C@@H](C)C(=O)N[C@H](C(=O)NCC#N)Cc2ccc(OCCN)c(c2)-c2cc1ccc2OCCN. The zero-order valence-corrected chi connectivity index (χ0v) is 39.3.